The molecule has 1 N–H and O–H groups in total. The molecule has 1 aliphatic rings. The van der Waals surface area contributed by atoms with Gasteiger partial charge in [-0.05, 0) is 47.2 Å². The van der Waals surface area contributed by atoms with Crippen molar-refractivity contribution in [2.75, 3.05) is 7.11 Å². The van der Waals surface area contributed by atoms with E-state index >= 15 is 0 Å². The molecule has 3 rings (SSSR count). The van der Waals surface area contributed by atoms with Gasteiger partial charge >= 0.3 is 12.1 Å². The lowest BCUT2D eigenvalue weighted by Crippen LogP contribution is -2.45. The number of hydrogen-bond acceptors (Lipinski definition) is 2. The third-order valence-electron chi connectivity index (χ3n) is 4.24. The summed E-state index contributed by atoms with van der Waals surface area (Å²) < 4.78 is 42.7. The molecule has 0 aliphatic heterocycles. The van der Waals surface area contributed by atoms with Crippen molar-refractivity contribution in [3.63, 3.8) is 0 Å². The molecule has 2 aromatic carbocycles. The maximum atomic E-state index is 12.4. The average molecular weight is 323 g/mol. The highest BCUT2D eigenvalue weighted by atomic mass is 19.4. The zero-order chi connectivity index (χ0) is 16.6. The first-order chi connectivity index (χ1) is 10.9. The molecule has 1 unspecified atom stereocenters. The third-order valence-corrected chi connectivity index (χ3v) is 4.24. The average Bonchev–Trinajstić information content (AvgIpc) is 2.53. The van der Waals surface area contributed by atoms with Crippen LogP contribution in [0.5, 0.6) is 5.75 Å². The highest BCUT2D eigenvalue weighted by molar-refractivity contribution is 5.89. The number of alkyl halides is 3. The Labute approximate surface area is 131 Å². The highest BCUT2D eigenvalue weighted by Crippen LogP contribution is 2.36. The zero-order valence-electron chi connectivity index (χ0n) is 12.5. The summed E-state index contributed by atoms with van der Waals surface area (Å²) in [4.78, 5) is 11.1. The Morgan fingerprint density at radius 2 is 2.00 bits per heavy atom. The molecule has 0 spiro atoms. The van der Waals surface area contributed by atoms with Crippen molar-refractivity contribution >= 4 is 16.7 Å². The lowest BCUT2D eigenvalue weighted by molar-refractivity contribution is -0.174. The maximum absolute atomic E-state index is 12.4. The second-order valence-electron chi connectivity index (χ2n) is 5.67. The van der Waals surface area contributed by atoms with Crippen LogP contribution < -0.4 is 10.1 Å². The van der Waals surface area contributed by atoms with Gasteiger partial charge in [0.2, 0.25) is 0 Å². The molecular formula is C17H16F3NO2. The topological polar surface area (TPSA) is 38.3 Å². The van der Waals surface area contributed by atoms with E-state index in [9.17, 15) is 18.0 Å². The van der Waals surface area contributed by atoms with Crippen molar-refractivity contribution in [1.82, 2.24) is 5.32 Å². The van der Waals surface area contributed by atoms with E-state index < -0.39 is 18.1 Å². The number of aryl methyl sites for hydroxylation is 1. The Morgan fingerprint density at radius 1 is 1.26 bits per heavy atom. The second-order valence-corrected chi connectivity index (χ2v) is 5.67. The quantitative estimate of drug-likeness (QED) is 0.920. The molecule has 0 saturated carbocycles. The molecule has 2 aromatic rings. The third kappa shape index (κ3) is 2.98. The zero-order valence-corrected chi connectivity index (χ0v) is 12.5. The van der Waals surface area contributed by atoms with Crippen molar-refractivity contribution in [3.05, 3.63) is 41.5 Å². The number of fused-ring (bicyclic) bond motifs is 3. The first-order valence-electron chi connectivity index (χ1n) is 7.35. The molecule has 0 fully saturated rings. The van der Waals surface area contributed by atoms with Gasteiger partial charge in [0.05, 0.1) is 7.11 Å². The summed E-state index contributed by atoms with van der Waals surface area (Å²) in [6, 6.07) is 9.21. The number of halogens is 3. The molecule has 0 radical (unpaired) electrons. The standard InChI is InChI=1S/C17H16F3NO2/c1-23-15-8-10-4-2-3-5-12(10)13-7-6-11(9-14(13)15)21-16(22)17(18,19)20/h2-5,8,11H,6-7,9H2,1H3,(H,21,22). The van der Waals surface area contributed by atoms with Crippen molar-refractivity contribution in [3.8, 4) is 5.75 Å². The summed E-state index contributed by atoms with van der Waals surface area (Å²) in [7, 11) is 1.54. The molecule has 0 aromatic heterocycles. The van der Waals surface area contributed by atoms with E-state index in [2.05, 4.69) is 5.32 Å². The maximum Gasteiger partial charge on any atom is 0.471 e. The van der Waals surface area contributed by atoms with Gasteiger partial charge in [0, 0.05) is 6.04 Å². The number of nitrogens with one attached hydrogen (secondary N) is 1. The van der Waals surface area contributed by atoms with Crippen LogP contribution in [0.4, 0.5) is 13.2 Å². The summed E-state index contributed by atoms with van der Waals surface area (Å²) in [6.07, 6.45) is -3.43. The Hall–Kier alpha value is -2.24. The molecule has 6 heteroatoms. The van der Waals surface area contributed by atoms with Gasteiger partial charge in [0.1, 0.15) is 5.75 Å². The molecule has 1 aliphatic carbocycles. The number of hydrogen-bond donors (Lipinski definition) is 1. The van der Waals surface area contributed by atoms with Crippen LogP contribution in [0.3, 0.4) is 0 Å². The SMILES string of the molecule is COc1cc2ccccc2c2c1CC(NC(=O)C(F)(F)F)CC2. The first-order valence-corrected chi connectivity index (χ1v) is 7.35. The fourth-order valence-corrected chi connectivity index (χ4v) is 3.19. The van der Waals surface area contributed by atoms with E-state index in [4.69, 9.17) is 4.74 Å². The van der Waals surface area contributed by atoms with Gasteiger partial charge < -0.3 is 10.1 Å². The Balaban J connectivity index is 1.94. The minimum absolute atomic E-state index is 0.338. The number of methoxy groups -OCH3 is 1. The van der Waals surface area contributed by atoms with Crippen molar-refractivity contribution in [2.24, 2.45) is 0 Å². The predicted molar refractivity (Wildman–Crippen MR) is 80.5 cm³/mol. The second kappa shape index (κ2) is 5.76. The van der Waals surface area contributed by atoms with E-state index in [1.807, 2.05) is 30.3 Å². The van der Waals surface area contributed by atoms with Gasteiger partial charge in [-0.1, -0.05) is 24.3 Å². The van der Waals surface area contributed by atoms with Gasteiger partial charge in [-0.3, -0.25) is 4.79 Å². The van der Waals surface area contributed by atoms with Crippen LogP contribution in [0.25, 0.3) is 10.8 Å². The Morgan fingerprint density at radius 3 is 2.70 bits per heavy atom. The molecule has 3 nitrogen and oxygen atoms in total. The molecule has 0 saturated heterocycles. The van der Waals surface area contributed by atoms with Crippen LogP contribution in [-0.4, -0.2) is 25.2 Å². The minimum Gasteiger partial charge on any atom is -0.496 e. The van der Waals surface area contributed by atoms with E-state index in [1.54, 1.807) is 7.11 Å². The molecule has 122 valence electrons. The molecular weight excluding hydrogens is 307 g/mol. The van der Waals surface area contributed by atoms with Gasteiger partial charge in [-0.2, -0.15) is 13.2 Å². The lowest BCUT2D eigenvalue weighted by Gasteiger charge is -2.28. The monoisotopic (exact) mass is 323 g/mol. The summed E-state index contributed by atoms with van der Waals surface area (Å²) >= 11 is 0. The van der Waals surface area contributed by atoms with E-state index in [1.165, 1.54) is 0 Å². The molecule has 1 amide bonds. The summed E-state index contributed by atoms with van der Waals surface area (Å²) in [5.41, 5.74) is 1.97. The van der Waals surface area contributed by atoms with Crippen LogP contribution in [0.15, 0.2) is 30.3 Å². The van der Waals surface area contributed by atoms with Gasteiger partial charge in [-0.15, -0.1) is 0 Å². The number of carbonyl (C=O) groups excluding carboxylic acids is 1. The predicted octanol–water partition coefficient (Wildman–Crippen LogP) is 3.38. The molecule has 0 heterocycles. The van der Waals surface area contributed by atoms with Crippen LogP contribution in [-0.2, 0) is 17.6 Å². The fourth-order valence-electron chi connectivity index (χ4n) is 3.19. The number of benzene rings is 2. The van der Waals surface area contributed by atoms with Crippen LogP contribution >= 0.6 is 0 Å². The van der Waals surface area contributed by atoms with Gasteiger partial charge in [0.15, 0.2) is 0 Å². The number of ether oxygens (including phenoxy) is 1. The van der Waals surface area contributed by atoms with Crippen LogP contribution in [0.2, 0.25) is 0 Å². The summed E-state index contributed by atoms with van der Waals surface area (Å²) in [5, 5.41) is 4.21. The summed E-state index contributed by atoms with van der Waals surface area (Å²) in [6.45, 7) is 0. The van der Waals surface area contributed by atoms with Crippen molar-refractivity contribution in [2.45, 2.75) is 31.5 Å². The smallest absolute Gasteiger partial charge is 0.471 e. The van der Waals surface area contributed by atoms with Gasteiger partial charge in [-0.25, -0.2) is 0 Å². The van der Waals surface area contributed by atoms with Crippen LogP contribution in [0, 0.1) is 0 Å². The molecule has 1 atom stereocenters. The van der Waals surface area contributed by atoms with Crippen LogP contribution in [0.1, 0.15) is 17.5 Å². The molecule has 23 heavy (non-hydrogen) atoms. The lowest BCUT2D eigenvalue weighted by atomic mass is 9.84. The number of rotatable bonds is 2. The normalized spacial score (nSPS) is 17.7. The highest BCUT2D eigenvalue weighted by Gasteiger charge is 2.40. The fraction of sp³-hybridized carbons (Fsp3) is 0.353. The Kier molecular flexibility index (Phi) is 3.92. The largest absolute Gasteiger partial charge is 0.496 e. The minimum atomic E-state index is -4.85. The van der Waals surface area contributed by atoms with Crippen molar-refractivity contribution in [1.29, 1.82) is 0 Å². The summed E-state index contributed by atoms with van der Waals surface area (Å²) in [5.74, 6) is -1.23. The number of amides is 1. The van der Waals surface area contributed by atoms with Gasteiger partial charge in [0.25, 0.3) is 0 Å². The van der Waals surface area contributed by atoms with E-state index in [-0.39, 0.29) is 0 Å². The molecule has 0 bridgehead atoms. The van der Waals surface area contributed by atoms with E-state index in [0.29, 0.717) is 25.0 Å². The number of carbonyl (C=O) groups is 1. The first kappa shape index (κ1) is 15.6. The van der Waals surface area contributed by atoms with Crippen molar-refractivity contribution < 1.29 is 22.7 Å². The Bertz CT molecular complexity index is 755. The van der Waals surface area contributed by atoms with E-state index in [0.717, 1.165) is 21.9 Å².